The lowest BCUT2D eigenvalue weighted by Crippen LogP contribution is -2.39. The quantitative estimate of drug-likeness (QED) is 0.638. The number of aliphatic hydroxyl groups excluding tert-OH is 1. The molecule has 0 radical (unpaired) electrons. The van der Waals surface area contributed by atoms with Crippen molar-refractivity contribution in [2.45, 2.75) is 77.1 Å². The minimum atomic E-state index is -0.374. The first-order valence-corrected chi connectivity index (χ1v) is 7.91. The number of carbonyl (C=O) groups is 1. The Morgan fingerprint density at radius 3 is 2.75 bits per heavy atom. The van der Waals surface area contributed by atoms with Gasteiger partial charge in [-0.05, 0) is 45.4 Å². The van der Waals surface area contributed by atoms with Crippen LogP contribution in [-0.2, 0) is 14.3 Å². The summed E-state index contributed by atoms with van der Waals surface area (Å²) in [4.78, 5) is 12.4. The number of ether oxygens (including phenoxy) is 2. The van der Waals surface area contributed by atoms with Crippen molar-refractivity contribution in [2.75, 3.05) is 6.61 Å². The highest BCUT2D eigenvalue weighted by Crippen LogP contribution is 2.47. The average molecular weight is 282 g/mol. The molecule has 2 saturated carbocycles. The summed E-state index contributed by atoms with van der Waals surface area (Å²) < 4.78 is 11.1. The molecule has 5 atom stereocenters. The van der Waals surface area contributed by atoms with E-state index >= 15 is 0 Å². The van der Waals surface area contributed by atoms with Gasteiger partial charge in [0.2, 0.25) is 0 Å². The molecule has 1 N–H and O–H groups in total. The van der Waals surface area contributed by atoms with Crippen LogP contribution in [0.2, 0.25) is 0 Å². The Morgan fingerprint density at radius 1 is 1.25 bits per heavy atom. The second-order valence-electron chi connectivity index (χ2n) is 7.65. The van der Waals surface area contributed by atoms with Gasteiger partial charge in [-0.2, -0.15) is 0 Å². The molecule has 114 valence electrons. The Labute approximate surface area is 120 Å². The summed E-state index contributed by atoms with van der Waals surface area (Å²) in [7, 11) is 0. The molecule has 3 rings (SSSR count). The molecule has 4 heteroatoms. The number of rotatable bonds is 3. The standard InChI is InChI=1S/C16H26O4/c1-15(6-3-4-11(17)8-15)10-19-14(18)16(2)7-5-12-13(9-16)20-12/h11-13,17H,3-10H2,1-2H3. The van der Waals surface area contributed by atoms with Crippen molar-refractivity contribution >= 4 is 5.97 Å². The largest absolute Gasteiger partial charge is 0.465 e. The number of hydrogen-bond acceptors (Lipinski definition) is 4. The molecule has 2 aliphatic carbocycles. The molecule has 0 aromatic heterocycles. The van der Waals surface area contributed by atoms with Crippen LogP contribution in [0.3, 0.4) is 0 Å². The Morgan fingerprint density at radius 2 is 2.05 bits per heavy atom. The van der Waals surface area contributed by atoms with E-state index in [0.717, 1.165) is 44.9 Å². The van der Waals surface area contributed by atoms with E-state index in [9.17, 15) is 9.90 Å². The van der Waals surface area contributed by atoms with Crippen molar-refractivity contribution in [3.63, 3.8) is 0 Å². The van der Waals surface area contributed by atoms with Gasteiger partial charge in [0.1, 0.15) is 0 Å². The molecule has 3 aliphatic rings. The third kappa shape index (κ3) is 2.86. The molecule has 0 bridgehead atoms. The monoisotopic (exact) mass is 282 g/mol. The average Bonchev–Trinajstić information content (AvgIpc) is 3.13. The van der Waals surface area contributed by atoms with Crippen LogP contribution in [0.25, 0.3) is 0 Å². The van der Waals surface area contributed by atoms with E-state index in [1.807, 2.05) is 6.92 Å². The Kier molecular flexibility index (Phi) is 3.57. The first-order chi connectivity index (χ1) is 9.40. The number of carbonyl (C=O) groups excluding carboxylic acids is 1. The molecule has 0 aromatic carbocycles. The fourth-order valence-corrected chi connectivity index (χ4v) is 3.89. The lowest BCUT2D eigenvalue weighted by atomic mass is 9.74. The predicted molar refractivity (Wildman–Crippen MR) is 74.2 cm³/mol. The van der Waals surface area contributed by atoms with E-state index in [0.29, 0.717) is 12.7 Å². The van der Waals surface area contributed by atoms with Crippen LogP contribution >= 0.6 is 0 Å². The smallest absolute Gasteiger partial charge is 0.311 e. The summed E-state index contributed by atoms with van der Waals surface area (Å²) >= 11 is 0. The summed E-state index contributed by atoms with van der Waals surface area (Å²) in [5.41, 5.74) is -0.432. The number of epoxide rings is 1. The molecule has 1 aliphatic heterocycles. The van der Waals surface area contributed by atoms with Crippen molar-refractivity contribution in [2.24, 2.45) is 10.8 Å². The minimum Gasteiger partial charge on any atom is -0.465 e. The summed E-state index contributed by atoms with van der Waals surface area (Å²) in [6.07, 6.45) is 6.76. The maximum absolute atomic E-state index is 12.4. The van der Waals surface area contributed by atoms with E-state index in [2.05, 4.69) is 6.92 Å². The van der Waals surface area contributed by atoms with Crippen LogP contribution in [0, 0.1) is 10.8 Å². The van der Waals surface area contributed by atoms with Gasteiger partial charge in [0.25, 0.3) is 0 Å². The molecule has 20 heavy (non-hydrogen) atoms. The molecule has 0 aromatic rings. The van der Waals surface area contributed by atoms with Crippen molar-refractivity contribution in [1.82, 2.24) is 0 Å². The number of hydrogen-bond donors (Lipinski definition) is 1. The summed E-state index contributed by atoms with van der Waals surface area (Å²) in [6, 6.07) is 0. The van der Waals surface area contributed by atoms with Gasteiger partial charge in [0, 0.05) is 5.41 Å². The maximum atomic E-state index is 12.4. The first-order valence-electron chi connectivity index (χ1n) is 7.91. The Hall–Kier alpha value is -0.610. The third-order valence-electron chi connectivity index (χ3n) is 5.41. The number of esters is 1. The van der Waals surface area contributed by atoms with Crippen LogP contribution in [-0.4, -0.2) is 36.0 Å². The third-order valence-corrected chi connectivity index (χ3v) is 5.41. The van der Waals surface area contributed by atoms with Crippen molar-refractivity contribution in [3.8, 4) is 0 Å². The van der Waals surface area contributed by atoms with E-state index in [-0.39, 0.29) is 29.0 Å². The zero-order valence-electron chi connectivity index (χ0n) is 12.6. The van der Waals surface area contributed by atoms with Crippen LogP contribution in [0.5, 0.6) is 0 Å². The second kappa shape index (κ2) is 4.99. The minimum absolute atomic E-state index is 0.0586. The van der Waals surface area contributed by atoms with E-state index < -0.39 is 0 Å². The van der Waals surface area contributed by atoms with Crippen LogP contribution in [0.1, 0.15) is 58.8 Å². The molecule has 3 fully saturated rings. The number of fused-ring (bicyclic) bond motifs is 1. The van der Waals surface area contributed by atoms with E-state index in [4.69, 9.17) is 9.47 Å². The molecule has 0 amide bonds. The fraction of sp³-hybridized carbons (Fsp3) is 0.938. The molecular formula is C16H26O4. The second-order valence-corrected chi connectivity index (χ2v) is 7.65. The summed E-state index contributed by atoms with van der Waals surface area (Å²) in [5.74, 6) is -0.0762. The van der Waals surface area contributed by atoms with Crippen molar-refractivity contribution in [3.05, 3.63) is 0 Å². The van der Waals surface area contributed by atoms with Crippen molar-refractivity contribution < 1.29 is 19.4 Å². The normalized spacial score (nSPS) is 47.5. The Bertz CT molecular complexity index is 396. The predicted octanol–water partition coefficient (Wildman–Crippen LogP) is 2.43. The number of aliphatic hydroxyl groups is 1. The van der Waals surface area contributed by atoms with Gasteiger partial charge < -0.3 is 14.6 Å². The van der Waals surface area contributed by atoms with Crippen LogP contribution < -0.4 is 0 Å². The first kappa shape index (κ1) is 14.3. The summed E-state index contributed by atoms with van der Waals surface area (Å²) in [5, 5.41) is 9.79. The topological polar surface area (TPSA) is 59.1 Å². The highest BCUT2D eigenvalue weighted by atomic mass is 16.6. The molecule has 1 heterocycles. The fourth-order valence-electron chi connectivity index (χ4n) is 3.89. The van der Waals surface area contributed by atoms with Gasteiger partial charge in [0.15, 0.2) is 0 Å². The van der Waals surface area contributed by atoms with Gasteiger partial charge in [-0.25, -0.2) is 0 Å². The van der Waals surface area contributed by atoms with E-state index in [1.54, 1.807) is 0 Å². The van der Waals surface area contributed by atoms with Gasteiger partial charge in [-0.3, -0.25) is 4.79 Å². The lowest BCUT2D eigenvalue weighted by molar-refractivity contribution is -0.161. The molecule has 5 unspecified atom stereocenters. The zero-order chi connectivity index (χ0) is 14.4. The van der Waals surface area contributed by atoms with Crippen LogP contribution in [0.15, 0.2) is 0 Å². The van der Waals surface area contributed by atoms with Crippen molar-refractivity contribution in [1.29, 1.82) is 0 Å². The van der Waals surface area contributed by atoms with Crippen LogP contribution in [0.4, 0.5) is 0 Å². The highest BCUT2D eigenvalue weighted by Gasteiger charge is 2.52. The van der Waals surface area contributed by atoms with Gasteiger partial charge >= 0.3 is 5.97 Å². The van der Waals surface area contributed by atoms with Gasteiger partial charge in [-0.15, -0.1) is 0 Å². The van der Waals surface area contributed by atoms with E-state index in [1.165, 1.54) is 0 Å². The van der Waals surface area contributed by atoms with Gasteiger partial charge in [-0.1, -0.05) is 13.3 Å². The molecule has 4 nitrogen and oxygen atoms in total. The maximum Gasteiger partial charge on any atom is 0.311 e. The highest BCUT2D eigenvalue weighted by molar-refractivity contribution is 5.76. The van der Waals surface area contributed by atoms with Gasteiger partial charge in [0.05, 0.1) is 30.3 Å². The lowest BCUT2D eigenvalue weighted by Gasteiger charge is -2.37. The molecule has 1 saturated heterocycles. The summed E-state index contributed by atoms with van der Waals surface area (Å²) in [6.45, 7) is 4.56. The molecular weight excluding hydrogens is 256 g/mol. The Balaban J connectivity index is 1.53. The molecule has 0 spiro atoms. The SMILES string of the molecule is CC1(COC(=O)C2(C)CCC3OC3C2)CCCC(O)C1. The zero-order valence-corrected chi connectivity index (χ0v) is 12.6.